The van der Waals surface area contributed by atoms with Gasteiger partial charge in [0.05, 0.1) is 0 Å². The summed E-state index contributed by atoms with van der Waals surface area (Å²) in [6, 6.07) is 3.18. The first-order valence-electron chi connectivity index (χ1n) is 4.06. The van der Waals surface area contributed by atoms with Gasteiger partial charge in [0.1, 0.15) is 4.47 Å². The van der Waals surface area contributed by atoms with Crippen molar-refractivity contribution in [3.63, 3.8) is 0 Å². The van der Waals surface area contributed by atoms with E-state index in [1.807, 2.05) is 0 Å². The highest BCUT2D eigenvalue weighted by Gasteiger charge is 2.10. The molecule has 0 radical (unpaired) electrons. The monoisotopic (exact) mass is 288 g/mol. The second-order valence-corrected chi connectivity index (χ2v) is 4.09. The lowest BCUT2D eigenvalue weighted by Gasteiger charge is -1.98. The highest BCUT2D eigenvalue weighted by molar-refractivity contribution is 9.10. The average Bonchev–Trinajstić information content (AvgIpc) is 2.47. The molecule has 2 rings (SSSR count). The van der Waals surface area contributed by atoms with E-state index in [0.717, 1.165) is 5.69 Å². The van der Waals surface area contributed by atoms with Gasteiger partial charge in [-0.05, 0) is 35.0 Å². The Morgan fingerprint density at radius 3 is 2.67 bits per heavy atom. The molecule has 2 heterocycles. The second kappa shape index (κ2) is 3.79. The van der Waals surface area contributed by atoms with Gasteiger partial charge in [-0.25, -0.2) is 0 Å². The van der Waals surface area contributed by atoms with Gasteiger partial charge in [-0.1, -0.05) is 11.6 Å². The molecule has 0 unspecified atom stereocenters. The fraction of sp³-hybridized carbons (Fsp3) is 0.125. The number of hydrogen-bond acceptors (Lipinski definition) is 3. The summed E-state index contributed by atoms with van der Waals surface area (Å²) in [5, 5.41) is 10.6. The first-order valence-corrected chi connectivity index (χ1v) is 5.23. The third-order valence-corrected chi connectivity index (χ3v) is 2.98. The maximum atomic E-state index is 11.7. The van der Waals surface area contributed by atoms with Crippen LogP contribution in [0.3, 0.4) is 0 Å². The number of aromatic amines is 1. The van der Waals surface area contributed by atoms with E-state index >= 15 is 0 Å². The van der Waals surface area contributed by atoms with Crippen LogP contribution in [0.2, 0.25) is 5.15 Å². The Bertz CT molecular complexity index is 545. The molecule has 0 aliphatic rings. The molecule has 0 spiro atoms. The minimum Gasteiger partial charge on any atom is -0.293 e. The maximum Gasteiger partial charge on any atom is 0.287 e. The molecule has 2 aromatic heterocycles. The summed E-state index contributed by atoms with van der Waals surface area (Å²) < 4.78 is 1.78. The van der Waals surface area contributed by atoms with Crippen LogP contribution in [0.5, 0.6) is 0 Å². The predicted octanol–water partition coefficient (Wildman–Crippen LogP) is 1.68. The van der Waals surface area contributed by atoms with Gasteiger partial charge in [0, 0.05) is 5.69 Å². The third kappa shape index (κ3) is 1.82. The normalized spacial score (nSPS) is 10.6. The molecule has 1 N–H and O–H groups in total. The number of nitrogens with zero attached hydrogens (tertiary/aromatic N) is 3. The fourth-order valence-electron chi connectivity index (χ4n) is 1.12. The van der Waals surface area contributed by atoms with Crippen LogP contribution in [-0.4, -0.2) is 20.0 Å². The zero-order valence-electron chi connectivity index (χ0n) is 7.66. The van der Waals surface area contributed by atoms with Gasteiger partial charge in [0.15, 0.2) is 11.0 Å². The first-order chi connectivity index (χ1) is 7.09. The summed E-state index contributed by atoms with van der Waals surface area (Å²) >= 11 is 8.77. The van der Waals surface area contributed by atoms with Gasteiger partial charge in [0.25, 0.3) is 5.56 Å². The van der Waals surface area contributed by atoms with E-state index in [-0.39, 0.29) is 10.7 Å². The van der Waals surface area contributed by atoms with E-state index in [2.05, 4.69) is 31.2 Å². The Balaban J connectivity index is 2.59. The Kier molecular flexibility index (Phi) is 2.62. The minimum atomic E-state index is -0.205. The molecular formula is C8H6BrClN4O. The van der Waals surface area contributed by atoms with Crippen molar-refractivity contribution in [3.8, 4) is 5.82 Å². The van der Waals surface area contributed by atoms with Gasteiger partial charge in [0.2, 0.25) is 0 Å². The lowest BCUT2D eigenvalue weighted by Crippen LogP contribution is -2.16. The summed E-state index contributed by atoms with van der Waals surface area (Å²) in [5.74, 6) is 0.401. The van der Waals surface area contributed by atoms with Crippen LogP contribution in [0.1, 0.15) is 5.69 Å². The van der Waals surface area contributed by atoms with Crippen LogP contribution in [-0.2, 0) is 0 Å². The first kappa shape index (κ1) is 10.4. The number of halogens is 2. The van der Waals surface area contributed by atoms with Gasteiger partial charge in [-0.3, -0.25) is 9.89 Å². The van der Waals surface area contributed by atoms with E-state index in [1.165, 1.54) is 4.68 Å². The predicted molar refractivity (Wildman–Crippen MR) is 59.4 cm³/mol. The SMILES string of the molecule is Cc1[nH]n(-c2ccc(Cl)nn2)c(=O)c1Br. The van der Waals surface area contributed by atoms with E-state index in [1.54, 1.807) is 19.1 Å². The minimum absolute atomic E-state index is 0.205. The van der Waals surface area contributed by atoms with Gasteiger partial charge < -0.3 is 0 Å². The zero-order valence-corrected chi connectivity index (χ0v) is 10.0. The molecule has 0 saturated heterocycles. The van der Waals surface area contributed by atoms with Gasteiger partial charge in [-0.15, -0.1) is 10.2 Å². The van der Waals surface area contributed by atoms with Gasteiger partial charge in [-0.2, -0.15) is 4.68 Å². The van der Waals surface area contributed by atoms with Crippen molar-refractivity contribution in [2.24, 2.45) is 0 Å². The number of hydrogen-bond donors (Lipinski definition) is 1. The van der Waals surface area contributed by atoms with Crippen molar-refractivity contribution in [2.45, 2.75) is 6.92 Å². The Morgan fingerprint density at radius 2 is 2.20 bits per heavy atom. The number of nitrogens with one attached hydrogen (secondary N) is 1. The molecule has 2 aromatic rings. The molecule has 0 aliphatic carbocycles. The second-order valence-electron chi connectivity index (χ2n) is 2.91. The summed E-state index contributed by atoms with van der Waals surface area (Å²) in [6.07, 6.45) is 0. The van der Waals surface area contributed by atoms with Crippen LogP contribution in [0.4, 0.5) is 0 Å². The van der Waals surface area contributed by atoms with Crippen molar-refractivity contribution >= 4 is 27.5 Å². The van der Waals surface area contributed by atoms with Crippen LogP contribution in [0.25, 0.3) is 5.82 Å². The Morgan fingerprint density at radius 1 is 1.47 bits per heavy atom. The Labute approximate surface area is 98.2 Å². The van der Waals surface area contributed by atoms with E-state index in [9.17, 15) is 4.79 Å². The summed E-state index contributed by atoms with van der Waals surface area (Å²) in [6.45, 7) is 1.78. The van der Waals surface area contributed by atoms with Crippen molar-refractivity contribution in [3.05, 3.63) is 37.8 Å². The van der Waals surface area contributed by atoms with Crippen molar-refractivity contribution in [1.29, 1.82) is 0 Å². The third-order valence-electron chi connectivity index (χ3n) is 1.85. The highest BCUT2D eigenvalue weighted by atomic mass is 79.9. The summed E-state index contributed by atoms with van der Waals surface area (Å²) in [4.78, 5) is 11.7. The maximum absolute atomic E-state index is 11.7. The van der Waals surface area contributed by atoms with Crippen LogP contribution < -0.4 is 5.56 Å². The largest absolute Gasteiger partial charge is 0.293 e. The molecule has 0 atom stereocenters. The Hall–Kier alpha value is -1.14. The average molecular weight is 290 g/mol. The van der Waals surface area contributed by atoms with E-state index in [4.69, 9.17) is 11.6 Å². The van der Waals surface area contributed by atoms with Crippen molar-refractivity contribution in [2.75, 3.05) is 0 Å². The summed E-state index contributed by atoms with van der Waals surface area (Å²) in [7, 11) is 0. The molecule has 0 bridgehead atoms. The number of H-pyrrole nitrogens is 1. The summed E-state index contributed by atoms with van der Waals surface area (Å²) in [5.41, 5.74) is 0.529. The smallest absolute Gasteiger partial charge is 0.287 e. The van der Waals surface area contributed by atoms with Crippen molar-refractivity contribution in [1.82, 2.24) is 20.0 Å². The molecule has 0 amide bonds. The van der Waals surface area contributed by atoms with Crippen molar-refractivity contribution < 1.29 is 0 Å². The van der Waals surface area contributed by atoms with Crippen LogP contribution >= 0.6 is 27.5 Å². The van der Waals surface area contributed by atoms with E-state index in [0.29, 0.717) is 10.3 Å². The molecule has 15 heavy (non-hydrogen) atoms. The van der Waals surface area contributed by atoms with Crippen LogP contribution in [0, 0.1) is 6.92 Å². The lowest BCUT2D eigenvalue weighted by atomic mass is 10.5. The molecule has 78 valence electrons. The zero-order chi connectivity index (χ0) is 11.0. The molecule has 0 saturated carbocycles. The number of aromatic nitrogens is 4. The molecular weight excluding hydrogens is 283 g/mol. The molecule has 0 aromatic carbocycles. The molecule has 5 nitrogen and oxygen atoms in total. The lowest BCUT2D eigenvalue weighted by molar-refractivity contribution is 0.782. The number of rotatable bonds is 1. The van der Waals surface area contributed by atoms with Gasteiger partial charge >= 0.3 is 0 Å². The van der Waals surface area contributed by atoms with E-state index < -0.39 is 0 Å². The molecule has 7 heteroatoms. The standard InChI is InChI=1S/C8H6BrClN4O/c1-4-7(9)8(15)14(13-4)6-3-2-5(10)11-12-6/h2-3,13H,1H3. The molecule has 0 fully saturated rings. The topological polar surface area (TPSA) is 63.6 Å². The van der Waals surface area contributed by atoms with Crippen LogP contribution in [0.15, 0.2) is 21.4 Å². The number of aryl methyl sites for hydroxylation is 1. The fourth-order valence-corrected chi connectivity index (χ4v) is 1.48. The molecule has 0 aliphatic heterocycles. The quantitative estimate of drug-likeness (QED) is 0.869. The highest BCUT2D eigenvalue weighted by Crippen LogP contribution is 2.10.